The van der Waals surface area contributed by atoms with E-state index in [0.29, 0.717) is 25.7 Å². The Hall–Kier alpha value is -1.94. The number of ether oxygens (including phenoxy) is 4. The Morgan fingerprint density at radius 1 is 0.239 bits per heavy atom. The summed E-state index contributed by atoms with van der Waals surface area (Å²) in [4.78, 5) is 73.5. The van der Waals surface area contributed by atoms with Crippen LogP contribution >= 0.6 is 15.6 Å². The number of rotatable bonds is 93. The molecule has 3 N–H and O–H groups in total. The molecule has 0 spiro atoms. The first-order valence-corrected chi connectivity index (χ1v) is 51.5. The summed E-state index contributed by atoms with van der Waals surface area (Å²) in [6.07, 6.45) is 80.8. The largest absolute Gasteiger partial charge is 0.472 e. The minimum Gasteiger partial charge on any atom is -0.462 e. The molecule has 113 heavy (non-hydrogen) atoms. The molecule has 0 heterocycles. The standard InChI is InChI=1S/C94H184O17P2/c1-7-9-11-13-15-17-19-20-21-22-23-24-25-33-38-43-48-54-60-66-72-78-93(98)110-89(82-104-91(96)76-70-64-58-52-18-16-14-12-10-8-2)84-108-112(100,101)106-80-88(95)81-107-113(102,103)109-85-90(111-94(99)79-73-67-61-55-49-44-39-34-29-27-31-36-41-46-51-57-63-69-75-87(5)6)83-105-92(97)77-71-65-59-53-47-42-37-32-28-26-30-35-40-45-50-56-62-68-74-86(3)4/h86-90,95H,7-85H2,1-6H3,(H,100,101)(H,102,103)/t88-,89+,90+/m0/s1. The van der Waals surface area contributed by atoms with Gasteiger partial charge in [0.1, 0.15) is 19.3 Å². The van der Waals surface area contributed by atoms with Crippen LogP contribution in [0.15, 0.2) is 0 Å². The topological polar surface area (TPSA) is 237 Å². The van der Waals surface area contributed by atoms with Gasteiger partial charge in [-0.25, -0.2) is 9.13 Å². The first-order chi connectivity index (χ1) is 54.9. The monoisotopic (exact) mass is 1650 g/mol. The predicted octanol–water partition coefficient (Wildman–Crippen LogP) is 29.4. The highest BCUT2D eigenvalue weighted by Gasteiger charge is 2.31. The maximum atomic E-state index is 13.2. The number of aliphatic hydroxyl groups is 1. The Kier molecular flexibility index (Phi) is 83.6. The maximum absolute atomic E-state index is 13.2. The minimum atomic E-state index is -4.97. The van der Waals surface area contributed by atoms with Gasteiger partial charge in [-0.05, 0) is 37.5 Å². The molecule has 0 saturated heterocycles. The van der Waals surface area contributed by atoms with Gasteiger partial charge in [0, 0.05) is 25.7 Å². The van der Waals surface area contributed by atoms with Crippen LogP contribution in [0.2, 0.25) is 0 Å². The summed E-state index contributed by atoms with van der Waals surface area (Å²) in [6.45, 7) is 9.78. The predicted molar refractivity (Wildman–Crippen MR) is 469 cm³/mol. The number of aliphatic hydroxyl groups excluding tert-OH is 1. The van der Waals surface area contributed by atoms with Crippen LogP contribution in [0.25, 0.3) is 0 Å². The van der Waals surface area contributed by atoms with Crippen molar-refractivity contribution in [3.05, 3.63) is 0 Å². The molecule has 0 amide bonds. The second kappa shape index (κ2) is 85.1. The molecule has 0 aliphatic heterocycles. The number of phosphoric ester groups is 2. The van der Waals surface area contributed by atoms with Crippen LogP contribution in [0.4, 0.5) is 0 Å². The molecule has 0 rings (SSSR count). The molecular weight excluding hydrogens is 1460 g/mol. The highest BCUT2D eigenvalue weighted by molar-refractivity contribution is 7.47. The Morgan fingerprint density at radius 3 is 0.602 bits per heavy atom. The summed E-state index contributed by atoms with van der Waals surface area (Å²) in [5.74, 6) is -0.449. The first kappa shape index (κ1) is 111. The van der Waals surface area contributed by atoms with Gasteiger partial charge in [0.15, 0.2) is 12.2 Å². The lowest BCUT2D eigenvalue weighted by Crippen LogP contribution is -2.30. The number of carbonyl (C=O) groups is 4. The molecule has 0 radical (unpaired) electrons. The highest BCUT2D eigenvalue weighted by Crippen LogP contribution is 2.45. The molecule has 5 atom stereocenters. The fraction of sp³-hybridized carbons (Fsp3) is 0.957. The smallest absolute Gasteiger partial charge is 0.462 e. The van der Waals surface area contributed by atoms with E-state index in [1.165, 1.54) is 327 Å². The van der Waals surface area contributed by atoms with Gasteiger partial charge in [-0.2, -0.15) is 0 Å². The zero-order chi connectivity index (χ0) is 82.7. The molecule has 0 bridgehead atoms. The average molecular weight is 1650 g/mol. The molecule has 19 heteroatoms. The van der Waals surface area contributed by atoms with Crippen molar-refractivity contribution in [2.75, 3.05) is 39.6 Å². The summed E-state index contributed by atoms with van der Waals surface area (Å²) in [7, 11) is -9.94. The van der Waals surface area contributed by atoms with Crippen molar-refractivity contribution in [1.29, 1.82) is 0 Å². The van der Waals surface area contributed by atoms with Gasteiger partial charge >= 0.3 is 39.5 Å². The van der Waals surface area contributed by atoms with Gasteiger partial charge in [-0.15, -0.1) is 0 Å². The van der Waals surface area contributed by atoms with Crippen molar-refractivity contribution in [2.45, 2.75) is 529 Å². The highest BCUT2D eigenvalue weighted by atomic mass is 31.2. The van der Waals surface area contributed by atoms with Crippen LogP contribution in [-0.2, 0) is 65.4 Å². The van der Waals surface area contributed by atoms with E-state index in [1.807, 2.05) is 0 Å². The lowest BCUT2D eigenvalue weighted by Gasteiger charge is -2.21. The third-order valence-electron chi connectivity index (χ3n) is 22.2. The Balaban J connectivity index is 5.20. The van der Waals surface area contributed by atoms with Crippen molar-refractivity contribution >= 4 is 39.5 Å². The molecule has 0 aromatic rings. The van der Waals surface area contributed by atoms with Crippen LogP contribution in [0.5, 0.6) is 0 Å². The van der Waals surface area contributed by atoms with E-state index in [1.54, 1.807) is 0 Å². The van der Waals surface area contributed by atoms with Crippen LogP contribution in [0, 0.1) is 11.8 Å². The lowest BCUT2D eigenvalue weighted by molar-refractivity contribution is -0.161. The molecule has 2 unspecified atom stereocenters. The number of hydrogen-bond acceptors (Lipinski definition) is 15. The van der Waals surface area contributed by atoms with Crippen LogP contribution < -0.4 is 0 Å². The fourth-order valence-corrected chi connectivity index (χ4v) is 16.4. The molecule has 0 aromatic carbocycles. The summed E-state index contributed by atoms with van der Waals surface area (Å²) < 4.78 is 69.1. The van der Waals surface area contributed by atoms with Gasteiger partial charge in [0.05, 0.1) is 26.4 Å². The van der Waals surface area contributed by atoms with Crippen LogP contribution in [0.3, 0.4) is 0 Å². The van der Waals surface area contributed by atoms with Gasteiger partial charge in [-0.3, -0.25) is 37.3 Å². The van der Waals surface area contributed by atoms with E-state index in [0.717, 1.165) is 102 Å². The third kappa shape index (κ3) is 87.7. The van der Waals surface area contributed by atoms with Crippen LogP contribution in [0.1, 0.15) is 510 Å². The van der Waals surface area contributed by atoms with Gasteiger partial charge in [0.25, 0.3) is 0 Å². The number of phosphoric acid groups is 2. The van der Waals surface area contributed by atoms with Crippen molar-refractivity contribution < 1.29 is 80.2 Å². The quantitative estimate of drug-likeness (QED) is 0.0222. The molecular formula is C94H184O17P2. The Bertz CT molecular complexity index is 2150. The fourth-order valence-electron chi connectivity index (χ4n) is 14.8. The molecule has 0 aliphatic rings. The lowest BCUT2D eigenvalue weighted by atomic mass is 10.0. The number of hydrogen-bond donors (Lipinski definition) is 3. The SMILES string of the molecule is CCCCCCCCCCCCCCCCCCCCCCCC(=O)O[C@H](COC(=O)CCCCCCCCCCCC)COP(=O)(O)OC[C@H](O)COP(=O)(O)OC[C@@H](COC(=O)CCCCCCCCCCCCCCCCCCCCC(C)C)OC(=O)CCCCCCCCCCCCCCCCCCCCC(C)C. The summed E-state index contributed by atoms with van der Waals surface area (Å²) in [6, 6.07) is 0. The van der Waals surface area contributed by atoms with E-state index >= 15 is 0 Å². The van der Waals surface area contributed by atoms with Gasteiger partial charge in [0.2, 0.25) is 0 Å². The summed E-state index contributed by atoms with van der Waals surface area (Å²) >= 11 is 0. The Labute approximate surface area is 696 Å². The molecule has 0 aliphatic carbocycles. The van der Waals surface area contributed by atoms with Gasteiger partial charge < -0.3 is 33.8 Å². The van der Waals surface area contributed by atoms with Gasteiger partial charge in [-0.1, -0.05) is 459 Å². The van der Waals surface area contributed by atoms with Crippen molar-refractivity contribution in [2.24, 2.45) is 11.8 Å². The Morgan fingerprint density at radius 2 is 0.407 bits per heavy atom. The number of esters is 4. The van der Waals surface area contributed by atoms with E-state index < -0.39 is 97.5 Å². The average Bonchev–Trinajstić information content (AvgIpc) is 0.898. The zero-order valence-corrected chi connectivity index (χ0v) is 76.5. The number of carbonyl (C=O) groups excluding carboxylic acids is 4. The summed E-state index contributed by atoms with van der Waals surface area (Å²) in [5, 5.41) is 10.7. The summed E-state index contributed by atoms with van der Waals surface area (Å²) in [5.41, 5.74) is 0. The molecule has 0 aromatic heterocycles. The van der Waals surface area contributed by atoms with E-state index in [2.05, 4.69) is 41.5 Å². The third-order valence-corrected chi connectivity index (χ3v) is 24.1. The van der Waals surface area contributed by atoms with E-state index in [9.17, 15) is 43.2 Å². The van der Waals surface area contributed by atoms with Crippen molar-refractivity contribution in [3.8, 4) is 0 Å². The van der Waals surface area contributed by atoms with Crippen LogP contribution in [-0.4, -0.2) is 96.7 Å². The zero-order valence-electron chi connectivity index (χ0n) is 74.7. The van der Waals surface area contributed by atoms with E-state index in [-0.39, 0.29) is 25.7 Å². The van der Waals surface area contributed by atoms with Crippen molar-refractivity contribution in [1.82, 2.24) is 0 Å². The first-order valence-electron chi connectivity index (χ1n) is 48.5. The maximum Gasteiger partial charge on any atom is 0.472 e. The number of unbranched alkanes of at least 4 members (excludes halogenated alkanes) is 63. The molecule has 0 fully saturated rings. The molecule has 672 valence electrons. The van der Waals surface area contributed by atoms with E-state index in [4.69, 9.17) is 37.0 Å². The van der Waals surface area contributed by atoms with Crippen molar-refractivity contribution in [3.63, 3.8) is 0 Å². The second-order valence-electron chi connectivity index (χ2n) is 34.7. The minimum absolute atomic E-state index is 0.109. The molecule has 17 nitrogen and oxygen atoms in total. The normalized spacial score (nSPS) is 13.7. The molecule has 0 saturated carbocycles. The second-order valence-corrected chi connectivity index (χ2v) is 37.6.